The van der Waals surface area contributed by atoms with Crippen LogP contribution < -0.4 is 0 Å². The summed E-state index contributed by atoms with van der Waals surface area (Å²) in [4.78, 5) is 0. The molecule has 0 aliphatic heterocycles. The molecule has 0 radical (unpaired) electrons. The first-order chi connectivity index (χ1) is 6.77. The summed E-state index contributed by atoms with van der Waals surface area (Å²) >= 11 is 4.84. The van der Waals surface area contributed by atoms with Crippen molar-refractivity contribution in [2.75, 3.05) is 0 Å². The van der Waals surface area contributed by atoms with Crippen molar-refractivity contribution in [1.82, 2.24) is 0 Å². The number of hydrogen-bond acceptors (Lipinski definition) is 3. The zero-order chi connectivity index (χ0) is 10.1. The van der Waals surface area contributed by atoms with Gasteiger partial charge in [-0.05, 0) is 17.2 Å². The van der Waals surface area contributed by atoms with Gasteiger partial charge in [-0.1, -0.05) is 22.0 Å². The van der Waals surface area contributed by atoms with Crippen molar-refractivity contribution in [2.24, 2.45) is 0 Å². The maximum atomic E-state index is 9.63. The van der Waals surface area contributed by atoms with Gasteiger partial charge in [0.2, 0.25) is 0 Å². The van der Waals surface area contributed by atoms with Crippen LogP contribution in [0, 0.1) is 0 Å². The number of aliphatic hydroxyl groups is 1. The number of thiophene rings is 1. The fourth-order valence-electron chi connectivity index (χ4n) is 1.53. The molecule has 0 amide bonds. The minimum atomic E-state index is -0.0391. The fraction of sp³-hybridized carbons (Fsp3) is 0.200. The molecule has 0 spiro atoms. The summed E-state index contributed by atoms with van der Waals surface area (Å²) in [5.74, 6) is 0.261. The molecule has 0 saturated carbocycles. The Morgan fingerprint density at radius 2 is 2.14 bits per heavy atom. The maximum Gasteiger partial charge on any atom is 0.134 e. The van der Waals surface area contributed by atoms with E-state index in [9.17, 15) is 10.2 Å². The van der Waals surface area contributed by atoms with Gasteiger partial charge in [-0.2, -0.15) is 0 Å². The Hall–Kier alpha value is -0.580. The predicted octanol–water partition coefficient (Wildman–Crippen LogP) is 2.99. The van der Waals surface area contributed by atoms with Gasteiger partial charge < -0.3 is 10.2 Å². The van der Waals surface area contributed by atoms with Crippen LogP contribution in [0.5, 0.6) is 5.75 Å². The van der Waals surface area contributed by atoms with Gasteiger partial charge in [0.15, 0.2) is 0 Å². The normalized spacial score (nSPS) is 11.0. The van der Waals surface area contributed by atoms with E-state index < -0.39 is 0 Å². The van der Waals surface area contributed by atoms with E-state index in [1.807, 2.05) is 12.1 Å². The summed E-state index contributed by atoms with van der Waals surface area (Å²) < 4.78 is 1.01. The first-order valence-corrected chi connectivity index (χ1v) is 6.15. The molecule has 0 atom stereocenters. The van der Waals surface area contributed by atoms with Crippen molar-refractivity contribution < 1.29 is 10.2 Å². The Balaban J connectivity index is 2.81. The van der Waals surface area contributed by atoms with E-state index in [0.717, 1.165) is 21.2 Å². The third-order valence-corrected chi connectivity index (χ3v) is 3.77. The van der Waals surface area contributed by atoms with Crippen LogP contribution in [0.25, 0.3) is 10.1 Å². The minimum absolute atomic E-state index is 0.0391. The predicted molar refractivity (Wildman–Crippen MR) is 62.0 cm³/mol. The second kappa shape index (κ2) is 3.88. The monoisotopic (exact) mass is 272 g/mol. The Kier molecular flexibility index (Phi) is 2.76. The Morgan fingerprint density at radius 1 is 1.36 bits per heavy atom. The number of aromatic hydroxyl groups is 1. The molecule has 1 aromatic carbocycles. The maximum absolute atomic E-state index is 9.63. The molecule has 2 aromatic rings. The highest BCUT2D eigenvalue weighted by atomic mass is 79.9. The topological polar surface area (TPSA) is 40.5 Å². The van der Waals surface area contributed by atoms with Gasteiger partial charge in [-0.15, -0.1) is 11.3 Å². The standard InChI is InChI=1S/C10H9BrO2S/c11-3-6-1-2-9-10(7(6)4-12)8(13)5-14-9/h1-2,5,12-13H,3-4H2. The highest BCUT2D eigenvalue weighted by Gasteiger charge is 2.11. The average molecular weight is 273 g/mol. The second-order valence-corrected chi connectivity index (χ2v) is 4.46. The van der Waals surface area contributed by atoms with E-state index in [0.29, 0.717) is 5.33 Å². The van der Waals surface area contributed by atoms with Gasteiger partial charge in [0.1, 0.15) is 5.75 Å². The van der Waals surface area contributed by atoms with Gasteiger partial charge in [0.05, 0.1) is 6.61 Å². The number of aliphatic hydroxyl groups excluding tert-OH is 1. The third kappa shape index (κ3) is 1.43. The lowest BCUT2D eigenvalue weighted by Crippen LogP contribution is -1.91. The lowest BCUT2D eigenvalue weighted by Gasteiger charge is -2.06. The van der Waals surface area contributed by atoms with Crippen molar-refractivity contribution >= 4 is 37.4 Å². The Morgan fingerprint density at radius 3 is 2.79 bits per heavy atom. The molecule has 0 bridgehead atoms. The molecule has 14 heavy (non-hydrogen) atoms. The molecule has 2 nitrogen and oxygen atoms in total. The summed E-state index contributed by atoms with van der Waals surface area (Å²) in [6.07, 6.45) is 0. The van der Waals surface area contributed by atoms with Crippen LogP contribution in [-0.4, -0.2) is 10.2 Å². The van der Waals surface area contributed by atoms with Gasteiger partial charge >= 0.3 is 0 Å². The highest BCUT2D eigenvalue weighted by molar-refractivity contribution is 9.08. The average Bonchev–Trinajstić information content (AvgIpc) is 2.59. The molecular weight excluding hydrogens is 264 g/mol. The first kappa shape index (κ1) is 9.96. The van der Waals surface area contributed by atoms with Crippen molar-refractivity contribution in [3.05, 3.63) is 28.6 Å². The van der Waals surface area contributed by atoms with Gasteiger partial charge in [0, 0.05) is 20.8 Å². The minimum Gasteiger partial charge on any atom is -0.506 e. The molecule has 1 aromatic heterocycles. The SMILES string of the molecule is OCc1c(CBr)ccc2scc(O)c12. The highest BCUT2D eigenvalue weighted by Crippen LogP contribution is 2.36. The van der Waals surface area contributed by atoms with Crippen molar-refractivity contribution in [3.8, 4) is 5.75 Å². The lowest BCUT2D eigenvalue weighted by atomic mass is 10.1. The number of benzene rings is 1. The summed E-state index contributed by atoms with van der Waals surface area (Å²) in [6.45, 7) is -0.0391. The van der Waals surface area contributed by atoms with E-state index in [4.69, 9.17) is 0 Å². The van der Waals surface area contributed by atoms with Gasteiger partial charge in [-0.25, -0.2) is 0 Å². The van der Waals surface area contributed by atoms with E-state index in [-0.39, 0.29) is 12.4 Å². The molecule has 2 N–H and O–H groups in total. The number of alkyl halides is 1. The zero-order valence-corrected chi connectivity index (χ0v) is 9.73. The van der Waals surface area contributed by atoms with Crippen LogP contribution in [0.2, 0.25) is 0 Å². The smallest absolute Gasteiger partial charge is 0.134 e. The molecule has 0 aliphatic carbocycles. The molecule has 0 aliphatic rings. The largest absolute Gasteiger partial charge is 0.506 e. The van der Waals surface area contributed by atoms with Crippen LogP contribution in [0.1, 0.15) is 11.1 Å². The summed E-state index contributed by atoms with van der Waals surface area (Å²) in [5, 5.41) is 22.1. The van der Waals surface area contributed by atoms with E-state index in [2.05, 4.69) is 15.9 Å². The molecule has 0 unspecified atom stereocenters. The number of hydrogen-bond donors (Lipinski definition) is 2. The van der Waals surface area contributed by atoms with Crippen LogP contribution in [0.15, 0.2) is 17.5 Å². The molecule has 0 fully saturated rings. The van der Waals surface area contributed by atoms with Crippen LogP contribution >= 0.6 is 27.3 Å². The molecular formula is C10H9BrO2S. The van der Waals surface area contributed by atoms with Crippen LogP contribution in [-0.2, 0) is 11.9 Å². The number of rotatable bonds is 2. The Bertz CT molecular complexity index is 464. The van der Waals surface area contributed by atoms with E-state index in [1.54, 1.807) is 5.38 Å². The van der Waals surface area contributed by atoms with Crippen LogP contribution in [0.3, 0.4) is 0 Å². The third-order valence-electron chi connectivity index (χ3n) is 2.23. The van der Waals surface area contributed by atoms with Gasteiger partial charge in [0.25, 0.3) is 0 Å². The zero-order valence-electron chi connectivity index (χ0n) is 7.33. The molecule has 1 heterocycles. The Labute approximate surface area is 93.9 Å². The number of fused-ring (bicyclic) bond motifs is 1. The van der Waals surface area contributed by atoms with Gasteiger partial charge in [-0.3, -0.25) is 0 Å². The summed E-state index contributed by atoms with van der Waals surface area (Å²) in [6, 6.07) is 3.94. The van der Waals surface area contributed by atoms with Crippen molar-refractivity contribution in [3.63, 3.8) is 0 Å². The fourth-order valence-corrected chi connectivity index (χ4v) is 2.91. The summed E-state index contributed by atoms with van der Waals surface area (Å²) in [5.41, 5.74) is 1.84. The van der Waals surface area contributed by atoms with Crippen molar-refractivity contribution in [2.45, 2.75) is 11.9 Å². The first-order valence-electron chi connectivity index (χ1n) is 4.15. The molecule has 4 heteroatoms. The second-order valence-electron chi connectivity index (χ2n) is 2.99. The van der Waals surface area contributed by atoms with E-state index >= 15 is 0 Å². The van der Waals surface area contributed by atoms with Crippen molar-refractivity contribution in [1.29, 1.82) is 0 Å². The lowest BCUT2D eigenvalue weighted by molar-refractivity contribution is 0.282. The quantitative estimate of drug-likeness (QED) is 0.826. The molecule has 74 valence electrons. The molecule has 0 saturated heterocycles. The van der Waals surface area contributed by atoms with Crippen LogP contribution in [0.4, 0.5) is 0 Å². The van der Waals surface area contributed by atoms with E-state index in [1.165, 1.54) is 11.3 Å². The molecule has 2 rings (SSSR count). The number of halogens is 1. The summed E-state index contributed by atoms with van der Waals surface area (Å²) in [7, 11) is 0.